The number of benzene rings is 1. The Balaban J connectivity index is 1.49. The smallest absolute Gasteiger partial charge is 0.276 e. The summed E-state index contributed by atoms with van der Waals surface area (Å²) >= 11 is 2.74. The number of ether oxygens (including phenoxy) is 1. The molecular formula is C21H15N5O3S2. The summed E-state index contributed by atoms with van der Waals surface area (Å²) in [6.07, 6.45) is 3.35. The molecule has 0 fully saturated rings. The molecule has 0 bridgehead atoms. The summed E-state index contributed by atoms with van der Waals surface area (Å²) in [4.78, 5) is 26.3. The molecule has 0 unspecified atom stereocenters. The van der Waals surface area contributed by atoms with Crippen LogP contribution in [0.15, 0.2) is 74.7 Å². The van der Waals surface area contributed by atoms with Gasteiger partial charge in [-0.15, -0.1) is 11.3 Å². The molecule has 8 nitrogen and oxygen atoms in total. The maximum absolute atomic E-state index is 13.2. The van der Waals surface area contributed by atoms with Crippen molar-refractivity contribution in [1.82, 2.24) is 24.7 Å². The van der Waals surface area contributed by atoms with Gasteiger partial charge in [0.25, 0.3) is 5.56 Å². The van der Waals surface area contributed by atoms with Crippen LogP contribution < -0.4 is 10.3 Å². The monoisotopic (exact) mass is 449 g/mol. The van der Waals surface area contributed by atoms with Crippen molar-refractivity contribution in [2.24, 2.45) is 0 Å². The van der Waals surface area contributed by atoms with Crippen LogP contribution in [0.5, 0.6) is 5.75 Å². The van der Waals surface area contributed by atoms with E-state index in [1.807, 2.05) is 47.8 Å². The predicted molar refractivity (Wildman–Crippen MR) is 119 cm³/mol. The van der Waals surface area contributed by atoms with Gasteiger partial charge >= 0.3 is 0 Å². The average molecular weight is 450 g/mol. The Morgan fingerprint density at radius 3 is 2.68 bits per heavy atom. The highest BCUT2D eigenvalue weighted by molar-refractivity contribution is 7.98. The normalized spacial score (nSPS) is 11.1. The molecule has 0 saturated carbocycles. The van der Waals surface area contributed by atoms with Crippen LogP contribution in [0.4, 0.5) is 0 Å². The van der Waals surface area contributed by atoms with Gasteiger partial charge in [0, 0.05) is 18.0 Å². The summed E-state index contributed by atoms with van der Waals surface area (Å²) in [6, 6.07) is 12.8. The first-order valence-corrected chi connectivity index (χ1v) is 11.1. The number of hydrogen-bond donors (Lipinski definition) is 0. The number of thioether (sulfide) groups is 1. The first kappa shape index (κ1) is 19.5. The van der Waals surface area contributed by atoms with Gasteiger partial charge in [-0.05, 0) is 47.8 Å². The third-order valence-electron chi connectivity index (χ3n) is 4.51. The Bertz CT molecular complexity index is 1390. The lowest BCUT2D eigenvalue weighted by Gasteiger charge is -2.12. The first-order chi connectivity index (χ1) is 15.2. The van der Waals surface area contributed by atoms with Gasteiger partial charge in [-0.3, -0.25) is 14.3 Å². The molecule has 5 rings (SSSR count). The van der Waals surface area contributed by atoms with Crippen molar-refractivity contribution in [1.29, 1.82) is 0 Å². The van der Waals surface area contributed by atoms with Gasteiger partial charge in [-0.2, -0.15) is 4.98 Å². The molecule has 0 atom stereocenters. The summed E-state index contributed by atoms with van der Waals surface area (Å²) in [5, 5.41) is 6.44. The van der Waals surface area contributed by atoms with Crippen LogP contribution in [0.3, 0.4) is 0 Å². The van der Waals surface area contributed by atoms with E-state index in [9.17, 15) is 4.79 Å². The van der Waals surface area contributed by atoms with Gasteiger partial charge in [0.05, 0.1) is 24.1 Å². The Morgan fingerprint density at radius 1 is 1.10 bits per heavy atom. The Labute approximate surface area is 184 Å². The molecule has 0 aliphatic rings. The molecule has 154 valence electrons. The largest absolute Gasteiger partial charge is 0.497 e. The van der Waals surface area contributed by atoms with E-state index in [1.54, 1.807) is 24.1 Å². The van der Waals surface area contributed by atoms with Crippen molar-refractivity contribution in [3.8, 4) is 22.8 Å². The third kappa shape index (κ3) is 3.82. The van der Waals surface area contributed by atoms with Gasteiger partial charge in [-0.1, -0.05) is 16.9 Å². The molecule has 4 heterocycles. The molecule has 0 aliphatic heterocycles. The molecule has 0 N–H and O–H groups in total. The molecule has 0 spiro atoms. The molecule has 5 aromatic rings. The minimum Gasteiger partial charge on any atom is -0.497 e. The van der Waals surface area contributed by atoms with Crippen molar-refractivity contribution in [2.75, 3.05) is 7.11 Å². The average Bonchev–Trinajstić information content (AvgIpc) is 3.48. The number of rotatable bonds is 6. The summed E-state index contributed by atoms with van der Waals surface area (Å²) in [7, 11) is 1.60. The molecule has 0 radical (unpaired) electrons. The van der Waals surface area contributed by atoms with E-state index < -0.39 is 0 Å². The van der Waals surface area contributed by atoms with Gasteiger partial charge in [0.15, 0.2) is 5.16 Å². The second-order valence-corrected chi connectivity index (χ2v) is 8.26. The molecule has 1 aromatic carbocycles. The van der Waals surface area contributed by atoms with Crippen LogP contribution >= 0.6 is 23.1 Å². The van der Waals surface area contributed by atoms with Gasteiger partial charge in [-0.25, -0.2) is 4.98 Å². The Kier molecular flexibility index (Phi) is 5.23. The maximum atomic E-state index is 13.2. The number of hydrogen-bond acceptors (Lipinski definition) is 9. The molecule has 4 aromatic heterocycles. The van der Waals surface area contributed by atoms with E-state index in [0.717, 1.165) is 5.56 Å². The van der Waals surface area contributed by atoms with Crippen LogP contribution in [-0.2, 0) is 5.75 Å². The minimum absolute atomic E-state index is 0.115. The Hall–Kier alpha value is -3.50. The van der Waals surface area contributed by atoms with Crippen molar-refractivity contribution >= 4 is 33.3 Å². The van der Waals surface area contributed by atoms with Crippen LogP contribution in [0.25, 0.3) is 27.3 Å². The number of methoxy groups -OCH3 is 1. The van der Waals surface area contributed by atoms with Crippen molar-refractivity contribution in [3.63, 3.8) is 0 Å². The first-order valence-electron chi connectivity index (χ1n) is 9.23. The zero-order valence-electron chi connectivity index (χ0n) is 16.3. The molecule has 31 heavy (non-hydrogen) atoms. The fourth-order valence-electron chi connectivity index (χ4n) is 3.01. The van der Waals surface area contributed by atoms with E-state index in [1.165, 1.54) is 23.1 Å². The zero-order chi connectivity index (χ0) is 21.2. The highest BCUT2D eigenvalue weighted by atomic mass is 32.2. The second-order valence-electron chi connectivity index (χ2n) is 6.40. The van der Waals surface area contributed by atoms with E-state index in [4.69, 9.17) is 14.2 Å². The van der Waals surface area contributed by atoms with Gasteiger partial charge < -0.3 is 9.26 Å². The van der Waals surface area contributed by atoms with Crippen molar-refractivity contribution in [2.45, 2.75) is 10.9 Å². The lowest BCUT2D eigenvalue weighted by Crippen LogP contribution is -2.20. The number of fused-ring (bicyclic) bond motifs is 1. The highest BCUT2D eigenvalue weighted by Gasteiger charge is 2.16. The number of aromatic nitrogens is 5. The van der Waals surface area contributed by atoms with E-state index >= 15 is 0 Å². The number of thiophene rings is 1. The lowest BCUT2D eigenvalue weighted by molar-refractivity contribution is 0.391. The van der Waals surface area contributed by atoms with Crippen LogP contribution in [0.1, 0.15) is 5.89 Å². The SMILES string of the molecule is COc1ccc(-n2c(SCc3nc(-c4ccncc4)no3)nc3ccsc3c2=O)cc1. The molecule has 0 aliphatic carbocycles. The fourth-order valence-corrected chi connectivity index (χ4v) is 4.62. The molecular weight excluding hydrogens is 434 g/mol. The van der Waals surface area contributed by atoms with Crippen molar-refractivity contribution in [3.05, 3.63) is 76.5 Å². The second kappa shape index (κ2) is 8.32. The lowest BCUT2D eigenvalue weighted by atomic mass is 10.3. The van der Waals surface area contributed by atoms with E-state index in [2.05, 4.69) is 15.1 Å². The summed E-state index contributed by atoms with van der Waals surface area (Å²) in [5.74, 6) is 2.02. The Morgan fingerprint density at radius 2 is 1.90 bits per heavy atom. The van der Waals surface area contributed by atoms with E-state index in [-0.39, 0.29) is 5.56 Å². The predicted octanol–water partition coefficient (Wildman–Crippen LogP) is 4.19. The molecule has 0 saturated heterocycles. The van der Waals surface area contributed by atoms with Crippen LogP contribution in [0, 0.1) is 0 Å². The quantitative estimate of drug-likeness (QED) is 0.281. The third-order valence-corrected chi connectivity index (χ3v) is 6.33. The highest BCUT2D eigenvalue weighted by Crippen LogP contribution is 2.27. The van der Waals surface area contributed by atoms with E-state index in [0.29, 0.717) is 44.3 Å². The zero-order valence-corrected chi connectivity index (χ0v) is 17.9. The standard InChI is InChI=1S/C21H15N5O3S2/c1-28-15-4-2-14(3-5-15)26-20(27)18-16(8-11-30-18)23-21(26)31-12-17-24-19(25-29-17)13-6-9-22-10-7-13/h2-11H,12H2,1H3. The number of nitrogens with zero attached hydrogens (tertiary/aromatic N) is 5. The summed E-state index contributed by atoms with van der Waals surface area (Å²) < 4.78 is 12.8. The minimum atomic E-state index is -0.115. The summed E-state index contributed by atoms with van der Waals surface area (Å²) in [5.41, 5.74) is 2.09. The topological polar surface area (TPSA) is 95.9 Å². The molecule has 10 heteroatoms. The maximum Gasteiger partial charge on any atom is 0.276 e. The van der Waals surface area contributed by atoms with Crippen LogP contribution in [0.2, 0.25) is 0 Å². The van der Waals surface area contributed by atoms with Gasteiger partial charge in [0.1, 0.15) is 10.4 Å². The van der Waals surface area contributed by atoms with Crippen LogP contribution in [-0.4, -0.2) is 31.8 Å². The molecule has 0 amide bonds. The fraction of sp³-hybridized carbons (Fsp3) is 0.0952. The van der Waals surface area contributed by atoms with Crippen molar-refractivity contribution < 1.29 is 9.26 Å². The number of pyridine rings is 1. The summed E-state index contributed by atoms with van der Waals surface area (Å²) in [6.45, 7) is 0. The van der Waals surface area contributed by atoms with Gasteiger partial charge in [0.2, 0.25) is 11.7 Å².